The predicted molar refractivity (Wildman–Crippen MR) is 89.5 cm³/mol. The van der Waals surface area contributed by atoms with E-state index in [-0.39, 0.29) is 18.0 Å². The average molecular weight is 333 g/mol. The zero-order valence-corrected chi connectivity index (χ0v) is 14.4. The van der Waals surface area contributed by atoms with Crippen molar-refractivity contribution in [2.75, 3.05) is 13.2 Å². The van der Waals surface area contributed by atoms with Gasteiger partial charge in [-0.3, -0.25) is 4.68 Å². The Morgan fingerprint density at radius 2 is 2.29 bits per heavy atom. The van der Waals surface area contributed by atoms with E-state index in [0.29, 0.717) is 25.5 Å². The van der Waals surface area contributed by atoms with Crippen molar-refractivity contribution in [3.63, 3.8) is 0 Å². The van der Waals surface area contributed by atoms with Gasteiger partial charge in [0, 0.05) is 37.5 Å². The highest BCUT2D eigenvalue weighted by Crippen LogP contribution is 2.31. The summed E-state index contributed by atoms with van der Waals surface area (Å²) in [5.41, 5.74) is 3.12. The number of hydrogen-bond acceptors (Lipinski definition) is 4. The molecule has 5 nitrogen and oxygen atoms in total. The molecular formula is C18H24FN3O2. The van der Waals surface area contributed by atoms with Crippen LogP contribution in [-0.2, 0) is 18.3 Å². The minimum Gasteiger partial charge on any atom is -0.491 e. The summed E-state index contributed by atoms with van der Waals surface area (Å²) < 4.78 is 26.9. The summed E-state index contributed by atoms with van der Waals surface area (Å²) in [6.45, 7) is 5.65. The topological polar surface area (TPSA) is 48.3 Å². The van der Waals surface area contributed by atoms with Crippen LogP contribution in [0.15, 0.2) is 24.4 Å². The SMILES string of the molecule is CCOc1ccc(CN[C@H]2CCO[C@@H]2c2cnn(C)c2C)cc1F. The second kappa shape index (κ2) is 7.32. The summed E-state index contributed by atoms with van der Waals surface area (Å²) in [5, 5.41) is 7.79. The molecule has 130 valence electrons. The van der Waals surface area contributed by atoms with Crippen LogP contribution in [0.2, 0.25) is 0 Å². The maximum absolute atomic E-state index is 13.9. The lowest BCUT2D eigenvalue weighted by atomic mass is 10.0. The van der Waals surface area contributed by atoms with Crippen molar-refractivity contribution in [1.82, 2.24) is 15.1 Å². The third kappa shape index (κ3) is 3.44. The summed E-state index contributed by atoms with van der Waals surface area (Å²) in [7, 11) is 1.93. The van der Waals surface area contributed by atoms with E-state index >= 15 is 0 Å². The van der Waals surface area contributed by atoms with Gasteiger partial charge in [0.2, 0.25) is 0 Å². The van der Waals surface area contributed by atoms with Crippen molar-refractivity contribution < 1.29 is 13.9 Å². The number of nitrogens with zero attached hydrogens (tertiary/aromatic N) is 2. The van der Waals surface area contributed by atoms with Crippen LogP contribution in [0.4, 0.5) is 4.39 Å². The van der Waals surface area contributed by atoms with Gasteiger partial charge in [0.05, 0.1) is 12.8 Å². The van der Waals surface area contributed by atoms with E-state index in [1.165, 1.54) is 6.07 Å². The second-order valence-electron chi connectivity index (χ2n) is 6.07. The Bertz CT molecular complexity index is 702. The van der Waals surface area contributed by atoms with Crippen molar-refractivity contribution in [1.29, 1.82) is 0 Å². The molecule has 0 saturated carbocycles. The third-order valence-electron chi connectivity index (χ3n) is 4.54. The quantitative estimate of drug-likeness (QED) is 0.883. The lowest BCUT2D eigenvalue weighted by molar-refractivity contribution is 0.0979. The first-order valence-electron chi connectivity index (χ1n) is 8.35. The minimum absolute atomic E-state index is 0.00811. The van der Waals surface area contributed by atoms with Gasteiger partial charge in [0.1, 0.15) is 6.10 Å². The van der Waals surface area contributed by atoms with Crippen molar-refractivity contribution >= 4 is 0 Å². The van der Waals surface area contributed by atoms with Gasteiger partial charge in [-0.15, -0.1) is 0 Å². The number of aromatic nitrogens is 2. The molecule has 0 unspecified atom stereocenters. The minimum atomic E-state index is -0.321. The fourth-order valence-electron chi connectivity index (χ4n) is 3.08. The van der Waals surface area contributed by atoms with Crippen LogP contribution in [-0.4, -0.2) is 29.0 Å². The molecule has 0 aliphatic carbocycles. The van der Waals surface area contributed by atoms with E-state index in [4.69, 9.17) is 9.47 Å². The van der Waals surface area contributed by atoms with Gasteiger partial charge >= 0.3 is 0 Å². The van der Waals surface area contributed by atoms with Crippen molar-refractivity contribution in [2.45, 2.75) is 39.0 Å². The highest BCUT2D eigenvalue weighted by molar-refractivity contribution is 5.29. The van der Waals surface area contributed by atoms with Crippen molar-refractivity contribution in [3.05, 3.63) is 47.0 Å². The lowest BCUT2D eigenvalue weighted by Gasteiger charge is -2.20. The first-order valence-corrected chi connectivity index (χ1v) is 8.35. The number of ether oxygens (including phenoxy) is 2. The average Bonchev–Trinajstić information content (AvgIpc) is 3.15. The largest absolute Gasteiger partial charge is 0.491 e. The van der Waals surface area contributed by atoms with Crippen LogP contribution in [0.1, 0.15) is 36.3 Å². The molecule has 0 spiro atoms. The second-order valence-corrected chi connectivity index (χ2v) is 6.07. The van der Waals surface area contributed by atoms with Crippen molar-refractivity contribution in [2.24, 2.45) is 7.05 Å². The summed E-state index contributed by atoms with van der Waals surface area (Å²) in [6.07, 6.45) is 2.79. The first-order chi connectivity index (χ1) is 11.6. The Morgan fingerprint density at radius 3 is 2.96 bits per heavy atom. The van der Waals surface area contributed by atoms with Crippen LogP contribution in [0.25, 0.3) is 0 Å². The van der Waals surface area contributed by atoms with Gasteiger partial charge in [-0.2, -0.15) is 5.10 Å². The van der Waals surface area contributed by atoms with E-state index in [0.717, 1.165) is 23.2 Å². The molecule has 0 amide bonds. The molecule has 1 saturated heterocycles. The molecule has 3 rings (SSSR count). The molecule has 2 atom stereocenters. The third-order valence-corrected chi connectivity index (χ3v) is 4.54. The molecule has 1 aliphatic heterocycles. The molecule has 0 radical (unpaired) electrons. The van der Waals surface area contributed by atoms with Gasteiger partial charge < -0.3 is 14.8 Å². The molecule has 6 heteroatoms. The molecule has 2 heterocycles. The number of halogens is 1. The molecule has 1 aromatic carbocycles. The van der Waals surface area contributed by atoms with Crippen LogP contribution < -0.4 is 10.1 Å². The Hall–Kier alpha value is -1.92. The summed E-state index contributed by atoms with van der Waals surface area (Å²) in [4.78, 5) is 0. The Morgan fingerprint density at radius 1 is 1.46 bits per heavy atom. The smallest absolute Gasteiger partial charge is 0.165 e. The predicted octanol–water partition coefficient (Wildman–Crippen LogP) is 2.89. The summed E-state index contributed by atoms with van der Waals surface area (Å²) >= 11 is 0. The highest BCUT2D eigenvalue weighted by Gasteiger charge is 2.31. The fraction of sp³-hybridized carbons (Fsp3) is 0.500. The van der Waals surface area contributed by atoms with Crippen LogP contribution >= 0.6 is 0 Å². The summed E-state index contributed by atoms with van der Waals surface area (Å²) in [6, 6.07) is 5.30. The first kappa shape index (κ1) is 16.9. The zero-order chi connectivity index (χ0) is 17.1. The van der Waals surface area contributed by atoms with Gasteiger partial charge in [-0.25, -0.2) is 4.39 Å². The number of nitrogens with one attached hydrogen (secondary N) is 1. The summed E-state index contributed by atoms with van der Waals surface area (Å²) in [5.74, 6) is -0.0206. The van der Waals surface area contributed by atoms with Crippen LogP contribution in [0, 0.1) is 12.7 Å². The standard InChI is InChI=1S/C18H24FN3O2/c1-4-23-17-6-5-13(9-15(17)19)10-20-16-7-8-24-18(16)14-11-21-22(3)12(14)2/h5-6,9,11,16,18,20H,4,7-8,10H2,1-3H3/t16-,18+/m0/s1. The molecule has 0 bridgehead atoms. The maximum atomic E-state index is 13.9. The van der Waals surface area contributed by atoms with E-state index in [9.17, 15) is 4.39 Å². The van der Waals surface area contributed by atoms with E-state index in [1.807, 2.05) is 37.8 Å². The van der Waals surface area contributed by atoms with E-state index in [2.05, 4.69) is 10.4 Å². The van der Waals surface area contributed by atoms with Crippen LogP contribution in [0.3, 0.4) is 0 Å². The zero-order valence-electron chi connectivity index (χ0n) is 14.4. The fourth-order valence-corrected chi connectivity index (χ4v) is 3.08. The highest BCUT2D eigenvalue weighted by atomic mass is 19.1. The maximum Gasteiger partial charge on any atom is 0.165 e. The number of rotatable bonds is 6. The monoisotopic (exact) mass is 333 g/mol. The number of aryl methyl sites for hydroxylation is 1. The Labute approximate surface area is 141 Å². The Balaban J connectivity index is 1.65. The molecule has 1 aliphatic rings. The normalized spacial score (nSPS) is 20.5. The van der Waals surface area contributed by atoms with Gasteiger partial charge in [0.25, 0.3) is 0 Å². The molecule has 1 aromatic heterocycles. The molecular weight excluding hydrogens is 309 g/mol. The van der Waals surface area contributed by atoms with E-state index in [1.54, 1.807) is 6.07 Å². The number of benzene rings is 1. The Kier molecular flexibility index (Phi) is 5.16. The van der Waals surface area contributed by atoms with E-state index < -0.39 is 0 Å². The van der Waals surface area contributed by atoms with Gasteiger partial charge in [0.15, 0.2) is 11.6 Å². The van der Waals surface area contributed by atoms with Gasteiger partial charge in [-0.05, 0) is 38.0 Å². The molecule has 1 N–H and O–H groups in total. The lowest BCUT2D eigenvalue weighted by Crippen LogP contribution is -2.31. The molecule has 2 aromatic rings. The molecule has 24 heavy (non-hydrogen) atoms. The van der Waals surface area contributed by atoms with Gasteiger partial charge in [-0.1, -0.05) is 6.07 Å². The molecule has 1 fully saturated rings. The van der Waals surface area contributed by atoms with Crippen LogP contribution in [0.5, 0.6) is 5.75 Å². The van der Waals surface area contributed by atoms with Crippen molar-refractivity contribution in [3.8, 4) is 5.75 Å². The number of hydrogen-bond donors (Lipinski definition) is 1.